The predicted octanol–water partition coefficient (Wildman–Crippen LogP) is 1.50. The fourth-order valence-electron chi connectivity index (χ4n) is 3.40. The van der Waals surface area contributed by atoms with Crippen LogP contribution in [0.5, 0.6) is 0 Å². The monoisotopic (exact) mass is 392 g/mol. The summed E-state index contributed by atoms with van der Waals surface area (Å²) in [6.45, 7) is 8.87. The van der Waals surface area contributed by atoms with Crippen LogP contribution >= 0.6 is 0 Å². The summed E-state index contributed by atoms with van der Waals surface area (Å²) in [6, 6.07) is 4.56. The van der Waals surface area contributed by atoms with E-state index in [1.165, 1.54) is 6.07 Å². The lowest BCUT2D eigenvalue weighted by molar-refractivity contribution is 0.191. The number of nitrogens with zero attached hydrogens (tertiary/aromatic N) is 3. The molecule has 0 saturated carbocycles. The van der Waals surface area contributed by atoms with E-state index < -0.39 is 0 Å². The molecule has 2 aliphatic rings. The Morgan fingerprint density at radius 1 is 1.00 bits per heavy atom. The van der Waals surface area contributed by atoms with E-state index in [1.54, 1.807) is 21.9 Å². The molecule has 1 aromatic rings. The van der Waals surface area contributed by atoms with Crippen LogP contribution in [-0.4, -0.2) is 80.3 Å². The van der Waals surface area contributed by atoms with Crippen molar-refractivity contribution in [2.45, 2.75) is 19.9 Å². The highest BCUT2D eigenvalue weighted by molar-refractivity contribution is 5.89. The maximum Gasteiger partial charge on any atom is 0.321 e. The van der Waals surface area contributed by atoms with E-state index in [1.807, 2.05) is 18.7 Å². The molecule has 2 fully saturated rings. The lowest BCUT2D eigenvalue weighted by atomic mass is 10.2. The van der Waals surface area contributed by atoms with Gasteiger partial charge in [0.15, 0.2) is 0 Å². The summed E-state index contributed by atoms with van der Waals surface area (Å²) < 4.78 is 14.6. The minimum absolute atomic E-state index is 0.0823. The van der Waals surface area contributed by atoms with Crippen LogP contribution in [0.3, 0.4) is 0 Å². The third-order valence-corrected chi connectivity index (χ3v) is 4.92. The van der Waals surface area contributed by atoms with Gasteiger partial charge in [0.25, 0.3) is 0 Å². The lowest BCUT2D eigenvalue weighted by Gasteiger charge is -2.36. The van der Waals surface area contributed by atoms with Gasteiger partial charge in [0.2, 0.25) is 0 Å². The Kier molecular flexibility index (Phi) is 6.56. The average molecular weight is 392 g/mol. The molecule has 154 valence electrons. The maximum atomic E-state index is 14.6. The zero-order chi connectivity index (χ0) is 20.1. The van der Waals surface area contributed by atoms with E-state index in [-0.39, 0.29) is 23.9 Å². The molecule has 0 bridgehead atoms. The molecule has 9 heteroatoms. The highest BCUT2D eigenvalue weighted by atomic mass is 19.1. The molecule has 3 N–H and O–H groups in total. The normalized spacial score (nSPS) is 17.6. The van der Waals surface area contributed by atoms with E-state index in [0.717, 1.165) is 13.1 Å². The highest BCUT2D eigenvalue weighted by Crippen LogP contribution is 2.24. The largest absolute Gasteiger partial charge is 0.366 e. The molecular formula is C19H29FN6O2. The van der Waals surface area contributed by atoms with Gasteiger partial charge in [-0.2, -0.15) is 0 Å². The Bertz CT molecular complexity index is 700. The van der Waals surface area contributed by atoms with E-state index in [2.05, 4.69) is 16.0 Å². The lowest BCUT2D eigenvalue weighted by Crippen LogP contribution is -2.53. The first-order valence-corrected chi connectivity index (χ1v) is 9.80. The van der Waals surface area contributed by atoms with Gasteiger partial charge in [-0.05, 0) is 32.0 Å². The Morgan fingerprint density at radius 3 is 2.25 bits per heavy atom. The van der Waals surface area contributed by atoms with Crippen LogP contribution in [-0.2, 0) is 0 Å². The van der Waals surface area contributed by atoms with Crippen molar-refractivity contribution in [1.82, 2.24) is 20.4 Å². The number of hydrogen-bond acceptors (Lipinski definition) is 4. The molecule has 0 spiro atoms. The molecule has 4 amide bonds. The van der Waals surface area contributed by atoms with Crippen LogP contribution < -0.4 is 20.9 Å². The molecule has 1 aromatic carbocycles. The SMILES string of the molecule is CC(C)NC(=O)N1CCN(c2ccc(NC(=O)N3CCNCC3)cc2F)CC1. The molecule has 3 rings (SSSR count). The Balaban J connectivity index is 1.56. The summed E-state index contributed by atoms with van der Waals surface area (Å²) in [7, 11) is 0. The molecule has 2 heterocycles. The minimum atomic E-state index is -0.377. The Hall–Kier alpha value is -2.55. The van der Waals surface area contributed by atoms with Gasteiger partial charge in [-0.1, -0.05) is 0 Å². The van der Waals surface area contributed by atoms with Gasteiger partial charge >= 0.3 is 12.1 Å². The first-order chi connectivity index (χ1) is 13.4. The molecule has 0 aliphatic carbocycles. The summed E-state index contributed by atoms with van der Waals surface area (Å²) >= 11 is 0. The predicted molar refractivity (Wildman–Crippen MR) is 107 cm³/mol. The summed E-state index contributed by atoms with van der Waals surface area (Å²) in [6.07, 6.45) is 0. The molecule has 0 aromatic heterocycles. The van der Waals surface area contributed by atoms with Crippen LogP contribution in [0.1, 0.15) is 13.8 Å². The topological polar surface area (TPSA) is 80.0 Å². The average Bonchev–Trinajstić information content (AvgIpc) is 2.68. The smallest absolute Gasteiger partial charge is 0.321 e. The molecular weight excluding hydrogens is 363 g/mol. The zero-order valence-corrected chi connectivity index (χ0v) is 16.5. The van der Waals surface area contributed by atoms with E-state index in [0.29, 0.717) is 50.6 Å². The number of hydrogen-bond donors (Lipinski definition) is 3. The van der Waals surface area contributed by atoms with Crippen molar-refractivity contribution in [3.8, 4) is 0 Å². The second-order valence-corrected chi connectivity index (χ2v) is 7.41. The van der Waals surface area contributed by atoms with Crippen molar-refractivity contribution in [2.24, 2.45) is 0 Å². The summed E-state index contributed by atoms with van der Waals surface area (Å²) in [5.74, 6) is -0.377. The van der Waals surface area contributed by atoms with Gasteiger partial charge in [0, 0.05) is 64.1 Å². The van der Waals surface area contributed by atoms with Crippen LogP contribution in [0.2, 0.25) is 0 Å². The zero-order valence-electron chi connectivity index (χ0n) is 16.5. The molecule has 28 heavy (non-hydrogen) atoms. The molecule has 2 saturated heterocycles. The minimum Gasteiger partial charge on any atom is -0.366 e. The first kappa shape index (κ1) is 20.2. The van der Waals surface area contributed by atoms with Crippen LogP contribution in [0.15, 0.2) is 18.2 Å². The number of carbonyl (C=O) groups excluding carboxylic acids is 2. The molecule has 8 nitrogen and oxygen atoms in total. The summed E-state index contributed by atoms with van der Waals surface area (Å²) in [5.41, 5.74) is 0.934. The Labute approximate surface area is 165 Å². The van der Waals surface area contributed by atoms with Crippen molar-refractivity contribution in [3.05, 3.63) is 24.0 Å². The third kappa shape index (κ3) is 5.03. The maximum absolute atomic E-state index is 14.6. The number of benzene rings is 1. The first-order valence-electron chi connectivity index (χ1n) is 9.80. The second kappa shape index (κ2) is 9.09. The number of rotatable bonds is 3. The van der Waals surface area contributed by atoms with Gasteiger partial charge in [-0.25, -0.2) is 14.0 Å². The number of nitrogens with one attached hydrogen (secondary N) is 3. The van der Waals surface area contributed by atoms with Crippen molar-refractivity contribution in [3.63, 3.8) is 0 Å². The van der Waals surface area contributed by atoms with Crippen molar-refractivity contribution in [2.75, 3.05) is 62.6 Å². The fraction of sp³-hybridized carbons (Fsp3) is 0.579. The van der Waals surface area contributed by atoms with Gasteiger partial charge in [0.1, 0.15) is 5.82 Å². The fourth-order valence-corrected chi connectivity index (χ4v) is 3.40. The van der Waals surface area contributed by atoms with Gasteiger partial charge in [-0.15, -0.1) is 0 Å². The van der Waals surface area contributed by atoms with Crippen LogP contribution in [0, 0.1) is 5.82 Å². The van der Waals surface area contributed by atoms with Gasteiger partial charge in [-0.3, -0.25) is 0 Å². The number of anilines is 2. The number of carbonyl (C=O) groups is 2. The number of amides is 4. The molecule has 0 atom stereocenters. The van der Waals surface area contributed by atoms with E-state index in [4.69, 9.17) is 0 Å². The molecule has 0 unspecified atom stereocenters. The van der Waals surface area contributed by atoms with Crippen molar-refractivity contribution in [1.29, 1.82) is 0 Å². The third-order valence-electron chi connectivity index (χ3n) is 4.92. The van der Waals surface area contributed by atoms with E-state index in [9.17, 15) is 14.0 Å². The summed E-state index contributed by atoms with van der Waals surface area (Å²) in [4.78, 5) is 29.7. The van der Waals surface area contributed by atoms with Gasteiger partial charge < -0.3 is 30.7 Å². The van der Waals surface area contributed by atoms with Crippen LogP contribution in [0.4, 0.5) is 25.4 Å². The molecule has 2 aliphatic heterocycles. The highest BCUT2D eigenvalue weighted by Gasteiger charge is 2.23. The van der Waals surface area contributed by atoms with Gasteiger partial charge in [0.05, 0.1) is 5.69 Å². The molecule has 0 radical (unpaired) electrons. The van der Waals surface area contributed by atoms with Crippen molar-refractivity contribution < 1.29 is 14.0 Å². The number of piperazine rings is 2. The number of urea groups is 2. The quantitative estimate of drug-likeness (QED) is 0.728. The Morgan fingerprint density at radius 2 is 1.64 bits per heavy atom. The van der Waals surface area contributed by atoms with E-state index >= 15 is 0 Å². The standard InChI is InChI=1S/C19H29FN6O2/c1-14(2)22-18(27)26-11-9-24(10-12-26)17-4-3-15(13-16(17)20)23-19(28)25-7-5-21-6-8-25/h3-4,13-14,21H,5-12H2,1-2H3,(H,22,27)(H,23,28). The summed E-state index contributed by atoms with van der Waals surface area (Å²) in [5, 5.41) is 8.83. The second-order valence-electron chi connectivity index (χ2n) is 7.41. The van der Waals surface area contributed by atoms with Crippen molar-refractivity contribution >= 4 is 23.4 Å². The number of halogens is 1. The van der Waals surface area contributed by atoms with Crippen LogP contribution in [0.25, 0.3) is 0 Å².